The molecule has 0 unspecified atom stereocenters. The largest absolute Gasteiger partial charge is 0.481 e. The summed E-state index contributed by atoms with van der Waals surface area (Å²) in [7, 11) is 0. The van der Waals surface area contributed by atoms with Crippen molar-refractivity contribution in [2.45, 2.75) is 116 Å². The third kappa shape index (κ3) is 28.4. The van der Waals surface area contributed by atoms with Gasteiger partial charge in [0.05, 0.1) is 6.42 Å². The van der Waals surface area contributed by atoms with Crippen molar-refractivity contribution in [3.8, 4) is 0 Å². The van der Waals surface area contributed by atoms with Gasteiger partial charge in [-0.05, 0) is 59.3 Å². The van der Waals surface area contributed by atoms with E-state index in [-0.39, 0.29) is 30.6 Å². The molecule has 0 bridgehead atoms. The predicted molar refractivity (Wildman–Crippen MR) is 146 cm³/mol. The minimum Gasteiger partial charge on any atom is -0.481 e. The van der Waals surface area contributed by atoms with Crippen molar-refractivity contribution < 1.29 is 38.5 Å². The number of rotatable bonds is 25. The van der Waals surface area contributed by atoms with Crippen LogP contribution >= 0.6 is 0 Å². The third-order valence-corrected chi connectivity index (χ3v) is 5.42. The van der Waals surface area contributed by atoms with Gasteiger partial charge in [-0.25, -0.2) is 0 Å². The van der Waals surface area contributed by atoms with E-state index in [1.54, 1.807) is 0 Å². The minimum absolute atomic E-state index is 0.00443. The molecule has 0 aromatic rings. The molecule has 0 aliphatic heterocycles. The van der Waals surface area contributed by atoms with Crippen molar-refractivity contribution in [1.29, 1.82) is 0 Å². The zero-order chi connectivity index (χ0) is 28.5. The number of hydrogen-bond donors (Lipinski definition) is 3. The molecule has 0 saturated heterocycles. The zero-order valence-electron chi connectivity index (χ0n) is 23.9. The second kappa shape index (κ2) is 23.9. The molecule has 10 nitrogen and oxygen atoms in total. The summed E-state index contributed by atoms with van der Waals surface area (Å²) in [6.07, 6.45) is 10.1. The van der Waals surface area contributed by atoms with Gasteiger partial charge in [-0.2, -0.15) is 0 Å². The molecular formula is C28H52N2O8. The van der Waals surface area contributed by atoms with Gasteiger partial charge in [0.1, 0.15) is 5.60 Å². The molecule has 222 valence electrons. The zero-order valence-corrected chi connectivity index (χ0v) is 23.9. The van der Waals surface area contributed by atoms with Crippen LogP contribution in [-0.4, -0.2) is 74.0 Å². The number of carboxylic acid groups (broad SMARTS) is 1. The van der Waals surface area contributed by atoms with Gasteiger partial charge >= 0.3 is 11.9 Å². The molecule has 0 atom stereocenters. The molecule has 0 saturated carbocycles. The van der Waals surface area contributed by atoms with Crippen LogP contribution in [0, 0.1) is 0 Å². The fraction of sp³-hybridized carbons (Fsp3) is 0.857. The quantitative estimate of drug-likeness (QED) is 0.115. The lowest BCUT2D eigenvalue weighted by atomic mass is 10.1. The number of unbranched alkanes of at least 4 members (excludes halogenated alkanes) is 6. The number of hydrogen-bond acceptors (Lipinski definition) is 7. The van der Waals surface area contributed by atoms with E-state index in [2.05, 4.69) is 10.6 Å². The molecule has 0 aromatic carbocycles. The second-order valence-electron chi connectivity index (χ2n) is 10.4. The Labute approximate surface area is 228 Å². The predicted octanol–water partition coefficient (Wildman–Crippen LogP) is 4.14. The smallest absolute Gasteiger partial charge is 0.306 e. The average molecular weight is 545 g/mol. The Morgan fingerprint density at radius 2 is 1.03 bits per heavy atom. The lowest BCUT2D eigenvalue weighted by Crippen LogP contribution is -2.25. The van der Waals surface area contributed by atoms with E-state index in [0.29, 0.717) is 58.8 Å². The number of amides is 2. The number of carboxylic acids is 1. The first-order valence-corrected chi connectivity index (χ1v) is 14.2. The molecule has 0 spiro atoms. The molecule has 0 rings (SSSR count). The molecular weight excluding hydrogens is 492 g/mol. The van der Waals surface area contributed by atoms with Crippen molar-refractivity contribution in [2.24, 2.45) is 0 Å². The Morgan fingerprint density at radius 3 is 1.53 bits per heavy atom. The van der Waals surface area contributed by atoms with E-state index >= 15 is 0 Å². The van der Waals surface area contributed by atoms with Gasteiger partial charge in [0.25, 0.3) is 0 Å². The molecule has 0 aromatic heterocycles. The lowest BCUT2D eigenvalue weighted by Gasteiger charge is -2.19. The fourth-order valence-corrected chi connectivity index (χ4v) is 3.47. The minimum atomic E-state index is -0.973. The Bertz CT molecular complexity index is 649. The SMILES string of the molecule is CC(C)(C)OC(=O)CCCCCCCCC(=O)NCCCOCCCCOCCCNC(=O)CCC(=O)O. The van der Waals surface area contributed by atoms with Crippen molar-refractivity contribution in [3.63, 3.8) is 0 Å². The summed E-state index contributed by atoms with van der Waals surface area (Å²) in [4.78, 5) is 45.3. The van der Waals surface area contributed by atoms with Crippen LogP contribution in [0.3, 0.4) is 0 Å². The standard InChI is InChI=1S/C28H52N2O8/c1-28(2,3)38-27(35)15-9-7-5-4-6-8-14-24(31)29-18-12-22-36-20-10-11-21-37-23-13-19-30-25(32)16-17-26(33)34/h4-23H2,1-3H3,(H,29,31)(H,30,32)(H,33,34). The van der Waals surface area contributed by atoms with Crippen LogP contribution in [0.15, 0.2) is 0 Å². The Kier molecular flexibility index (Phi) is 22.5. The lowest BCUT2D eigenvalue weighted by molar-refractivity contribution is -0.155. The summed E-state index contributed by atoms with van der Waals surface area (Å²) in [5, 5.41) is 14.1. The van der Waals surface area contributed by atoms with E-state index in [1.165, 1.54) is 0 Å². The van der Waals surface area contributed by atoms with Gasteiger partial charge < -0.3 is 30.0 Å². The molecule has 0 fully saturated rings. The molecule has 10 heteroatoms. The summed E-state index contributed by atoms with van der Waals surface area (Å²) in [6, 6.07) is 0. The van der Waals surface area contributed by atoms with Crippen molar-refractivity contribution in [2.75, 3.05) is 39.5 Å². The maximum atomic E-state index is 11.9. The molecule has 0 heterocycles. The number of carbonyl (C=O) groups is 4. The van der Waals surface area contributed by atoms with Crippen LogP contribution < -0.4 is 10.6 Å². The van der Waals surface area contributed by atoms with E-state index < -0.39 is 11.6 Å². The Morgan fingerprint density at radius 1 is 0.579 bits per heavy atom. The first-order chi connectivity index (χ1) is 18.1. The molecule has 2 amide bonds. The monoisotopic (exact) mass is 544 g/mol. The topological polar surface area (TPSA) is 140 Å². The summed E-state index contributed by atoms with van der Waals surface area (Å²) in [5.41, 5.74) is -0.416. The van der Waals surface area contributed by atoms with E-state index in [9.17, 15) is 19.2 Å². The summed E-state index contributed by atoms with van der Waals surface area (Å²) in [5.74, 6) is -1.26. The Hall–Kier alpha value is -2.20. The highest BCUT2D eigenvalue weighted by atomic mass is 16.6. The number of nitrogens with one attached hydrogen (secondary N) is 2. The van der Waals surface area contributed by atoms with Gasteiger partial charge in [0.15, 0.2) is 0 Å². The molecule has 0 aliphatic rings. The molecule has 0 aliphatic carbocycles. The van der Waals surface area contributed by atoms with Crippen molar-refractivity contribution in [1.82, 2.24) is 10.6 Å². The number of aliphatic carboxylic acids is 1. The normalized spacial score (nSPS) is 11.2. The fourth-order valence-electron chi connectivity index (χ4n) is 3.47. The Balaban J connectivity index is 3.30. The molecule has 38 heavy (non-hydrogen) atoms. The van der Waals surface area contributed by atoms with Gasteiger partial charge in [-0.3, -0.25) is 19.2 Å². The van der Waals surface area contributed by atoms with Gasteiger partial charge in [0, 0.05) is 58.8 Å². The van der Waals surface area contributed by atoms with Crippen LogP contribution in [0.2, 0.25) is 0 Å². The summed E-state index contributed by atoms with van der Waals surface area (Å²) in [6.45, 7) is 9.21. The highest BCUT2D eigenvalue weighted by molar-refractivity contribution is 5.80. The van der Waals surface area contributed by atoms with E-state index in [1.807, 2.05) is 20.8 Å². The summed E-state index contributed by atoms with van der Waals surface area (Å²) >= 11 is 0. The average Bonchev–Trinajstić information content (AvgIpc) is 2.83. The highest BCUT2D eigenvalue weighted by Crippen LogP contribution is 2.12. The van der Waals surface area contributed by atoms with Crippen LogP contribution in [0.5, 0.6) is 0 Å². The van der Waals surface area contributed by atoms with Crippen LogP contribution in [0.4, 0.5) is 0 Å². The van der Waals surface area contributed by atoms with Crippen LogP contribution in [-0.2, 0) is 33.4 Å². The first-order valence-electron chi connectivity index (χ1n) is 14.2. The molecule has 3 N–H and O–H groups in total. The number of esters is 1. The highest BCUT2D eigenvalue weighted by Gasteiger charge is 2.15. The first kappa shape index (κ1) is 35.8. The molecule has 0 radical (unpaired) electrons. The number of carbonyl (C=O) groups excluding carboxylic acids is 3. The summed E-state index contributed by atoms with van der Waals surface area (Å²) < 4.78 is 16.4. The number of ether oxygens (including phenoxy) is 3. The van der Waals surface area contributed by atoms with Crippen LogP contribution in [0.25, 0.3) is 0 Å². The van der Waals surface area contributed by atoms with Gasteiger partial charge in [0.2, 0.25) is 11.8 Å². The van der Waals surface area contributed by atoms with E-state index in [0.717, 1.165) is 57.8 Å². The van der Waals surface area contributed by atoms with Gasteiger partial charge in [-0.1, -0.05) is 25.7 Å². The maximum absolute atomic E-state index is 11.9. The third-order valence-electron chi connectivity index (χ3n) is 5.42. The maximum Gasteiger partial charge on any atom is 0.306 e. The van der Waals surface area contributed by atoms with Crippen molar-refractivity contribution >= 4 is 23.8 Å². The van der Waals surface area contributed by atoms with E-state index in [4.69, 9.17) is 19.3 Å². The van der Waals surface area contributed by atoms with Gasteiger partial charge in [-0.15, -0.1) is 0 Å². The van der Waals surface area contributed by atoms with Crippen molar-refractivity contribution in [3.05, 3.63) is 0 Å². The second-order valence-corrected chi connectivity index (χ2v) is 10.4. The van der Waals surface area contributed by atoms with Crippen LogP contribution in [0.1, 0.15) is 111 Å².